The van der Waals surface area contributed by atoms with Gasteiger partial charge in [0.05, 0.1) is 12.5 Å². The summed E-state index contributed by atoms with van der Waals surface area (Å²) in [6, 6.07) is 17.1. The molecule has 4 nitrogen and oxygen atoms in total. The second-order valence-corrected chi connectivity index (χ2v) is 7.47. The minimum absolute atomic E-state index is 0.0206. The smallest absolute Gasteiger partial charge is 0.310 e. The number of aliphatic hydroxyl groups excluding tert-OH is 1. The maximum absolute atomic E-state index is 12.6. The molecule has 0 aliphatic heterocycles. The maximum atomic E-state index is 12.6. The van der Waals surface area contributed by atoms with Crippen molar-refractivity contribution in [3.05, 3.63) is 71.8 Å². The average Bonchev–Trinajstić information content (AvgIpc) is 3.24. The third-order valence-electron chi connectivity index (χ3n) is 5.29. The molecule has 1 fully saturated rings. The van der Waals surface area contributed by atoms with Gasteiger partial charge in [0.1, 0.15) is 18.1 Å². The summed E-state index contributed by atoms with van der Waals surface area (Å²) < 4.78 is 11.4. The number of ether oxygens (including phenoxy) is 2. The lowest BCUT2D eigenvalue weighted by molar-refractivity contribution is -0.147. The van der Waals surface area contributed by atoms with Crippen LogP contribution < -0.4 is 4.74 Å². The average molecular weight is 366 g/mol. The van der Waals surface area contributed by atoms with E-state index in [0.717, 1.165) is 16.9 Å². The summed E-state index contributed by atoms with van der Waals surface area (Å²) in [5.74, 6) is 1.09. The van der Waals surface area contributed by atoms with Crippen LogP contribution in [-0.4, -0.2) is 17.7 Å². The van der Waals surface area contributed by atoms with E-state index in [4.69, 9.17) is 9.47 Å². The van der Waals surface area contributed by atoms with Gasteiger partial charge < -0.3 is 14.6 Å². The fraction of sp³-hybridized carbons (Fsp3) is 0.348. The first kappa shape index (κ1) is 19.2. The van der Waals surface area contributed by atoms with Gasteiger partial charge in [0.25, 0.3) is 0 Å². The molecular formula is C23H26O4. The van der Waals surface area contributed by atoms with Gasteiger partial charge in [0, 0.05) is 5.92 Å². The van der Waals surface area contributed by atoms with E-state index in [9.17, 15) is 9.90 Å². The van der Waals surface area contributed by atoms with Crippen LogP contribution in [-0.2, 0) is 16.1 Å². The first-order valence-corrected chi connectivity index (χ1v) is 9.21. The van der Waals surface area contributed by atoms with Crippen LogP contribution in [0.5, 0.6) is 11.5 Å². The molecule has 3 rings (SSSR count). The Morgan fingerprint density at radius 1 is 1.07 bits per heavy atom. The molecule has 0 spiro atoms. The van der Waals surface area contributed by atoms with Crippen LogP contribution in [0.15, 0.2) is 66.2 Å². The largest absolute Gasteiger partial charge is 0.461 e. The number of hydrogen-bond donors (Lipinski definition) is 1. The Kier molecular flexibility index (Phi) is 5.66. The monoisotopic (exact) mass is 366 g/mol. The van der Waals surface area contributed by atoms with Crippen molar-refractivity contribution in [2.75, 3.05) is 6.61 Å². The molecule has 1 N–H and O–H groups in total. The van der Waals surface area contributed by atoms with Crippen molar-refractivity contribution in [3.8, 4) is 11.5 Å². The number of carbonyl (C=O) groups is 1. The molecule has 142 valence electrons. The Balaban J connectivity index is 1.60. The summed E-state index contributed by atoms with van der Waals surface area (Å²) in [5.41, 5.74) is 1.60. The number of aliphatic hydroxyl groups is 1. The maximum Gasteiger partial charge on any atom is 0.310 e. The highest BCUT2D eigenvalue weighted by Crippen LogP contribution is 2.62. The Labute approximate surface area is 160 Å². The van der Waals surface area contributed by atoms with E-state index in [0.29, 0.717) is 5.75 Å². The molecule has 2 unspecified atom stereocenters. The molecule has 27 heavy (non-hydrogen) atoms. The molecule has 4 heteroatoms. The van der Waals surface area contributed by atoms with Crippen molar-refractivity contribution in [1.29, 1.82) is 0 Å². The summed E-state index contributed by atoms with van der Waals surface area (Å²) in [6.45, 7) is 6.15. The lowest BCUT2D eigenvalue weighted by Crippen LogP contribution is -2.11. The third-order valence-corrected chi connectivity index (χ3v) is 5.29. The number of allylic oxidation sites excluding steroid dienone is 1. The van der Waals surface area contributed by atoms with Crippen LogP contribution in [0, 0.1) is 17.3 Å². The Bertz CT molecular complexity index is 823. The Morgan fingerprint density at radius 2 is 1.78 bits per heavy atom. The van der Waals surface area contributed by atoms with E-state index >= 15 is 0 Å². The number of hydrogen-bond acceptors (Lipinski definition) is 4. The fourth-order valence-corrected chi connectivity index (χ4v) is 3.71. The van der Waals surface area contributed by atoms with Crippen molar-refractivity contribution < 1.29 is 19.4 Å². The number of para-hydroxylation sites is 1. The van der Waals surface area contributed by atoms with Crippen LogP contribution in [0.3, 0.4) is 0 Å². The predicted octanol–water partition coefficient (Wildman–Crippen LogP) is 4.73. The van der Waals surface area contributed by atoms with Crippen LogP contribution in [0.1, 0.15) is 26.3 Å². The van der Waals surface area contributed by atoms with Crippen molar-refractivity contribution in [2.45, 2.75) is 27.4 Å². The zero-order valence-corrected chi connectivity index (χ0v) is 16.0. The Morgan fingerprint density at radius 3 is 2.44 bits per heavy atom. The van der Waals surface area contributed by atoms with Crippen molar-refractivity contribution in [2.24, 2.45) is 17.3 Å². The lowest BCUT2D eigenvalue weighted by Gasteiger charge is -2.09. The van der Waals surface area contributed by atoms with Crippen LogP contribution >= 0.6 is 0 Å². The standard InChI is InChI=1S/C23H26O4/c1-4-17(14-24)20-21(23(20,2)3)22(25)26-15-16-9-8-12-19(13-16)27-18-10-6-5-7-11-18/h4-13,20-21,24H,14-15H2,1-3H3/b17-4-. The summed E-state index contributed by atoms with van der Waals surface area (Å²) >= 11 is 0. The van der Waals surface area contributed by atoms with Crippen LogP contribution in [0.4, 0.5) is 0 Å². The van der Waals surface area contributed by atoms with E-state index in [-0.39, 0.29) is 36.4 Å². The molecule has 1 aliphatic carbocycles. The molecular weight excluding hydrogens is 340 g/mol. The fourth-order valence-electron chi connectivity index (χ4n) is 3.71. The summed E-state index contributed by atoms with van der Waals surface area (Å²) in [4.78, 5) is 12.6. The minimum atomic E-state index is -0.216. The highest BCUT2D eigenvalue weighted by molar-refractivity contribution is 5.78. The van der Waals surface area contributed by atoms with Crippen LogP contribution in [0.2, 0.25) is 0 Å². The second-order valence-electron chi connectivity index (χ2n) is 7.47. The van der Waals surface area contributed by atoms with Gasteiger partial charge in [-0.2, -0.15) is 0 Å². The second kappa shape index (κ2) is 7.97. The van der Waals surface area contributed by atoms with Gasteiger partial charge in [-0.25, -0.2) is 0 Å². The molecule has 2 atom stereocenters. The van der Waals surface area contributed by atoms with Crippen molar-refractivity contribution in [1.82, 2.24) is 0 Å². The molecule has 0 aromatic heterocycles. The summed E-state index contributed by atoms with van der Waals surface area (Å²) in [7, 11) is 0. The predicted molar refractivity (Wildman–Crippen MR) is 104 cm³/mol. The van der Waals surface area contributed by atoms with Gasteiger partial charge in [0.15, 0.2) is 0 Å². The van der Waals surface area contributed by atoms with E-state index < -0.39 is 0 Å². The molecule has 0 amide bonds. The number of rotatable bonds is 7. The van der Waals surface area contributed by atoms with E-state index in [2.05, 4.69) is 0 Å². The van der Waals surface area contributed by atoms with E-state index in [1.807, 2.05) is 81.4 Å². The third kappa shape index (κ3) is 4.22. The molecule has 1 aliphatic rings. The highest BCUT2D eigenvalue weighted by atomic mass is 16.5. The van der Waals surface area contributed by atoms with Crippen LogP contribution in [0.25, 0.3) is 0 Å². The molecule has 1 saturated carbocycles. The topological polar surface area (TPSA) is 55.8 Å². The van der Waals surface area contributed by atoms with E-state index in [1.165, 1.54) is 0 Å². The first-order valence-electron chi connectivity index (χ1n) is 9.21. The normalized spacial score (nSPS) is 20.8. The van der Waals surface area contributed by atoms with Gasteiger partial charge in [-0.15, -0.1) is 0 Å². The van der Waals surface area contributed by atoms with Gasteiger partial charge >= 0.3 is 5.97 Å². The molecule has 0 saturated heterocycles. The van der Waals surface area contributed by atoms with Gasteiger partial charge in [-0.1, -0.05) is 50.3 Å². The van der Waals surface area contributed by atoms with E-state index in [1.54, 1.807) is 0 Å². The highest BCUT2D eigenvalue weighted by Gasteiger charge is 2.63. The quantitative estimate of drug-likeness (QED) is 0.568. The summed E-state index contributed by atoms with van der Waals surface area (Å²) in [5, 5.41) is 9.49. The molecule has 2 aromatic carbocycles. The zero-order chi connectivity index (χ0) is 19.4. The first-order chi connectivity index (χ1) is 13.0. The van der Waals surface area contributed by atoms with Gasteiger partial charge in [0.2, 0.25) is 0 Å². The van der Waals surface area contributed by atoms with Gasteiger partial charge in [-0.05, 0) is 47.7 Å². The molecule has 0 heterocycles. The number of carbonyl (C=O) groups excluding carboxylic acids is 1. The number of esters is 1. The number of benzene rings is 2. The zero-order valence-electron chi connectivity index (χ0n) is 16.0. The molecule has 0 radical (unpaired) electrons. The minimum Gasteiger partial charge on any atom is -0.461 e. The lowest BCUT2D eigenvalue weighted by atomic mass is 10.0. The molecule has 2 aromatic rings. The van der Waals surface area contributed by atoms with Crippen molar-refractivity contribution >= 4 is 5.97 Å². The Hall–Kier alpha value is -2.59. The molecule has 0 bridgehead atoms. The van der Waals surface area contributed by atoms with Gasteiger partial charge in [-0.3, -0.25) is 4.79 Å². The summed E-state index contributed by atoms with van der Waals surface area (Å²) in [6.07, 6.45) is 1.89. The SMILES string of the molecule is C/C=C(/CO)C1C(C(=O)OCc2cccc(Oc3ccccc3)c2)C1(C)C. The van der Waals surface area contributed by atoms with Crippen molar-refractivity contribution in [3.63, 3.8) is 0 Å².